The summed E-state index contributed by atoms with van der Waals surface area (Å²) in [5.74, 6) is -0.109. The Bertz CT molecular complexity index is 980. The van der Waals surface area contributed by atoms with Gasteiger partial charge in [-0.05, 0) is 25.1 Å². The number of hydrogen-bond donors (Lipinski definition) is 1. The van der Waals surface area contributed by atoms with Crippen LogP contribution < -0.4 is 14.8 Å². The maximum atomic E-state index is 12.2. The van der Waals surface area contributed by atoms with Crippen molar-refractivity contribution in [1.82, 2.24) is 4.98 Å². The number of ketones is 1. The number of hydrogen-bond acceptors (Lipinski definition) is 6. The molecule has 7 heteroatoms. The molecule has 6 nitrogen and oxygen atoms in total. The standard InChI is InChI=1S/C20H18N2O4S/c1-12-4-6-13(7-5-12)18(23)19(24)22-20-21-15(11-27-20)14-8-9-16(25-2)17(10-14)26-3/h4-11H,1-3H3,(H,21,22,24). The Labute approximate surface area is 160 Å². The van der Waals surface area contributed by atoms with Crippen LogP contribution in [-0.2, 0) is 4.79 Å². The van der Waals surface area contributed by atoms with Gasteiger partial charge in [0.1, 0.15) is 0 Å². The lowest BCUT2D eigenvalue weighted by molar-refractivity contribution is -0.112. The predicted octanol–water partition coefficient (Wildman–Crippen LogP) is 3.96. The predicted molar refractivity (Wildman–Crippen MR) is 105 cm³/mol. The van der Waals surface area contributed by atoms with Crippen LogP contribution in [0.2, 0.25) is 0 Å². The third-order valence-corrected chi connectivity index (χ3v) is 4.68. The number of carbonyl (C=O) groups is 2. The van der Waals surface area contributed by atoms with Crippen molar-refractivity contribution in [3.63, 3.8) is 0 Å². The molecule has 1 aromatic heterocycles. The molecule has 0 aliphatic carbocycles. The van der Waals surface area contributed by atoms with Gasteiger partial charge in [0.2, 0.25) is 0 Å². The number of amides is 1. The number of benzene rings is 2. The van der Waals surface area contributed by atoms with Crippen LogP contribution in [0.3, 0.4) is 0 Å². The summed E-state index contributed by atoms with van der Waals surface area (Å²) >= 11 is 1.24. The maximum absolute atomic E-state index is 12.2. The van der Waals surface area contributed by atoms with Gasteiger partial charge < -0.3 is 9.47 Å². The van der Waals surface area contributed by atoms with E-state index in [1.807, 2.05) is 13.0 Å². The fraction of sp³-hybridized carbons (Fsp3) is 0.150. The molecule has 0 fully saturated rings. The Morgan fingerprint density at radius 1 is 1.00 bits per heavy atom. The lowest BCUT2D eigenvalue weighted by Crippen LogP contribution is -2.22. The minimum atomic E-state index is -0.716. The molecule has 1 heterocycles. The number of nitrogens with zero attached hydrogens (tertiary/aromatic N) is 1. The second-order valence-corrected chi connectivity index (χ2v) is 6.62. The number of nitrogens with one attached hydrogen (secondary N) is 1. The minimum Gasteiger partial charge on any atom is -0.493 e. The lowest BCUT2D eigenvalue weighted by atomic mass is 10.1. The number of rotatable bonds is 6. The molecule has 0 radical (unpaired) electrons. The second kappa shape index (κ2) is 8.01. The third-order valence-electron chi connectivity index (χ3n) is 3.92. The van der Waals surface area contributed by atoms with Gasteiger partial charge in [0.05, 0.1) is 19.9 Å². The second-order valence-electron chi connectivity index (χ2n) is 5.76. The normalized spacial score (nSPS) is 10.3. The molecule has 0 saturated carbocycles. The maximum Gasteiger partial charge on any atom is 0.298 e. The average Bonchev–Trinajstić information content (AvgIpc) is 3.15. The summed E-state index contributed by atoms with van der Waals surface area (Å²) < 4.78 is 10.5. The molecule has 3 rings (SSSR count). The average molecular weight is 382 g/mol. The molecule has 0 unspecified atom stereocenters. The van der Waals surface area contributed by atoms with E-state index in [1.165, 1.54) is 11.3 Å². The summed E-state index contributed by atoms with van der Waals surface area (Å²) in [4.78, 5) is 28.8. The first-order chi connectivity index (χ1) is 13.0. The van der Waals surface area contributed by atoms with Crippen molar-refractivity contribution in [3.8, 4) is 22.8 Å². The fourth-order valence-corrected chi connectivity index (χ4v) is 3.16. The van der Waals surface area contributed by atoms with E-state index < -0.39 is 11.7 Å². The van der Waals surface area contributed by atoms with Crippen molar-refractivity contribution in [2.24, 2.45) is 0 Å². The summed E-state index contributed by atoms with van der Waals surface area (Å²) in [5, 5.41) is 4.71. The highest BCUT2D eigenvalue weighted by molar-refractivity contribution is 7.14. The van der Waals surface area contributed by atoms with Crippen LogP contribution in [0, 0.1) is 6.92 Å². The topological polar surface area (TPSA) is 77.5 Å². The number of anilines is 1. The summed E-state index contributed by atoms with van der Waals surface area (Å²) in [6.45, 7) is 1.92. The summed E-state index contributed by atoms with van der Waals surface area (Å²) in [7, 11) is 3.13. The number of methoxy groups -OCH3 is 2. The monoisotopic (exact) mass is 382 g/mol. The first-order valence-electron chi connectivity index (χ1n) is 8.12. The van der Waals surface area contributed by atoms with Crippen LogP contribution in [-0.4, -0.2) is 30.9 Å². The van der Waals surface area contributed by atoms with Gasteiger partial charge in [-0.3, -0.25) is 14.9 Å². The Hall–Kier alpha value is -3.19. The molecule has 1 N–H and O–H groups in total. The van der Waals surface area contributed by atoms with E-state index in [0.717, 1.165) is 11.1 Å². The number of carbonyl (C=O) groups excluding carboxylic acids is 2. The zero-order chi connectivity index (χ0) is 19.4. The number of aromatic nitrogens is 1. The summed E-state index contributed by atoms with van der Waals surface area (Å²) in [6.07, 6.45) is 0. The van der Waals surface area contributed by atoms with Crippen molar-refractivity contribution in [2.75, 3.05) is 19.5 Å². The molecule has 0 bridgehead atoms. The van der Waals surface area contributed by atoms with Crippen LogP contribution in [0.15, 0.2) is 47.8 Å². The first kappa shape index (κ1) is 18.6. The van der Waals surface area contributed by atoms with Crippen LogP contribution >= 0.6 is 11.3 Å². The smallest absolute Gasteiger partial charge is 0.298 e. The highest BCUT2D eigenvalue weighted by Gasteiger charge is 2.18. The van der Waals surface area contributed by atoms with Crippen molar-refractivity contribution in [2.45, 2.75) is 6.92 Å². The molecular weight excluding hydrogens is 364 g/mol. The number of Topliss-reactive ketones (excluding diaryl/α,β-unsaturated/α-hetero) is 1. The van der Waals surface area contributed by atoms with Crippen molar-refractivity contribution in [3.05, 3.63) is 59.0 Å². The molecule has 27 heavy (non-hydrogen) atoms. The Morgan fingerprint density at radius 2 is 1.70 bits per heavy atom. The Balaban J connectivity index is 1.75. The van der Waals surface area contributed by atoms with Gasteiger partial charge in [0, 0.05) is 16.5 Å². The van der Waals surface area contributed by atoms with Crippen molar-refractivity contribution in [1.29, 1.82) is 0 Å². The SMILES string of the molecule is COc1ccc(-c2csc(NC(=O)C(=O)c3ccc(C)cc3)n2)cc1OC. The molecule has 1 amide bonds. The zero-order valence-electron chi connectivity index (χ0n) is 15.1. The van der Waals surface area contributed by atoms with E-state index in [0.29, 0.717) is 27.9 Å². The molecule has 3 aromatic rings. The molecule has 0 aliphatic rings. The molecule has 0 atom stereocenters. The molecule has 0 spiro atoms. The highest BCUT2D eigenvalue weighted by Crippen LogP contribution is 2.33. The highest BCUT2D eigenvalue weighted by atomic mass is 32.1. The van der Waals surface area contributed by atoms with E-state index in [4.69, 9.17) is 9.47 Å². The quantitative estimate of drug-likeness (QED) is 0.516. The van der Waals surface area contributed by atoms with Gasteiger partial charge in [-0.25, -0.2) is 4.98 Å². The van der Waals surface area contributed by atoms with Crippen LogP contribution in [0.5, 0.6) is 11.5 Å². The van der Waals surface area contributed by atoms with E-state index in [-0.39, 0.29) is 0 Å². The van der Waals surface area contributed by atoms with Crippen LogP contribution in [0.25, 0.3) is 11.3 Å². The molecule has 0 aliphatic heterocycles. The zero-order valence-corrected chi connectivity index (χ0v) is 15.9. The summed E-state index contributed by atoms with van der Waals surface area (Å²) in [5.41, 5.74) is 2.84. The van der Waals surface area contributed by atoms with E-state index in [1.54, 1.807) is 56.0 Å². The van der Waals surface area contributed by atoms with Gasteiger partial charge in [-0.1, -0.05) is 29.8 Å². The number of thiazole rings is 1. The Kier molecular flexibility index (Phi) is 5.52. The molecule has 138 valence electrons. The Morgan fingerprint density at radius 3 is 2.37 bits per heavy atom. The lowest BCUT2D eigenvalue weighted by Gasteiger charge is -2.08. The number of ether oxygens (including phenoxy) is 2. The van der Waals surface area contributed by atoms with Crippen molar-refractivity contribution < 1.29 is 19.1 Å². The van der Waals surface area contributed by atoms with Crippen LogP contribution in [0.1, 0.15) is 15.9 Å². The van der Waals surface area contributed by atoms with Gasteiger partial charge in [-0.2, -0.15) is 0 Å². The van der Waals surface area contributed by atoms with Gasteiger partial charge >= 0.3 is 0 Å². The fourth-order valence-electron chi connectivity index (χ4n) is 2.45. The molecule has 2 aromatic carbocycles. The minimum absolute atomic E-state index is 0.342. The first-order valence-corrected chi connectivity index (χ1v) is 9.00. The van der Waals surface area contributed by atoms with Gasteiger partial charge in [-0.15, -0.1) is 11.3 Å². The summed E-state index contributed by atoms with van der Waals surface area (Å²) in [6, 6.07) is 12.3. The molecular formula is C20H18N2O4S. The van der Waals surface area contributed by atoms with Crippen LogP contribution in [0.4, 0.5) is 5.13 Å². The van der Waals surface area contributed by atoms with E-state index in [2.05, 4.69) is 10.3 Å². The third kappa shape index (κ3) is 4.15. The van der Waals surface area contributed by atoms with E-state index >= 15 is 0 Å². The largest absolute Gasteiger partial charge is 0.493 e. The number of aryl methyl sites for hydroxylation is 1. The van der Waals surface area contributed by atoms with Gasteiger partial charge in [0.25, 0.3) is 11.7 Å². The molecule has 0 saturated heterocycles. The van der Waals surface area contributed by atoms with E-state index in [9.17, 15) is 9.59 Å². The van der Waals surface area contributed by atoms with Crippen molar-refractivity contribution >= 4 is 28.2 Å². The van der Waals surface area contributed by atoms with Gasteiger partial charge in [0.15, 0.2) is 16.6 Å².